The number of methoxy groups -OCH3 is 1. The average molecular weight is 372 g/mol. The first-order valence-electron chi connectivity index (χ1n) is 7.08. The predicted octanol–water partition coefficient (Wildman–Crippen LogP) is 3.21. The molecule has 0 saturated carbocycles. The molecule has 2 aliphatic rings. The van der Waals surface area contributed by atoms with Crippen LogP contribution in [0, 0.1) is 0 Å². The van der Waals surface area contributed by atoms with Gasteiger partial charge in [-0.2, -0.15) is 0 Å². The zero-order chi connectivity index (χ0) is 14.8. The van der Waals surface area contributed by atoms with Crippen molar-refractivity contribution in [1.82, 2.24) is 4.90 Å². The third kappa shape index (κ3) is 3.07. The van der Waals surface area contributed by atoms with Crippen molar-refractivity contribution in [2.45, 2.75) is 24.3 Å². The molecule has 114 valence electrons. The number of halogens is 1. The Labute approximate surface area is 137 Å². The summed E-state index contributed by atoms with van der Waals surface area (Å²) in [6, 6.07) is 5.93. The molecule has 1 amide bonds. The molecule has 0 N–H and O–H groups in total. The zero-order valence-corrected chi connectivity index (χ0v) is 14.3. The quantitative estimate of drug-likeness (QED) is 0.817. The van der Waals surface area contributed by atoms with E-state index in [0.29, 0.717) is 6.61 Å². The van der Waals surface area contributed by atoms with Gasteiger partial charge in [0.2, 0.25) is 0 Å². The highest BCUT2D eigenvalue weighted by Gasteiger charge is 2.37. The summed E-state index contributed by atoms with van der Waals surface area (Å²) in [6.45, 7) is 1.46. The van der Waals surface area contributed by atoms with E-state index in [-0.39, 0.29) is 17.4 Å². The maximum atomic E-state index is 12.7. The van der Waals surface area contributed by atoms with Crippen molar-refractivity contribution < 1.29 is 14.3 Å². The number of hydrogen-bond donors (Lipinski definition) is 0. The molecule has 2 heterocycles. The lowest BCUT2D eigenvalue weighted by molar-refractivity contribution is -0.141. The molecule has 0 spiro atoms. The maximum absolute atomic E-state index is 12.7. The van der Waals surface area contributed by atoms with Crippen LogP contribution in [-0.2, 0) is 9.53 Å². The van der Waals surface area contributed by atoms with Gasteiger partial charge in [0, 0.05) is 28.9 Å². The Kier molecular flexibility index (Phi) is 4.76. The van der Waals surface area contributed by atoms with Gasteiger partial charge in [-0.1, -0.05) is 15.9 Å². The van der Waals surface area contributed by atoms with Crippen LogP contribution in [0.4, 0.5) is 0 Å². The van der Waals surface area contributed by atoms with E-state index in [1.807, 2.05) is 23.1 Å². The second-order valence-electron chi connectivity index (χ2n) is 5.14. The van der Waals surface area contributed by atoms with Crippen LogP contribution in [0.15, 0.2) is 22.7 Å². The smallest absolute Gasteiger partial charge is 0.252 e. The Morgan fingerprint density at radius 3 is 3.10 bits per heavy atom. The van der Waals surface area contributed by atoms with Crippen LogP contribution in [0.5, 0.6) is 5.75 Å². The van der Waals surface area contributed by atoms with E-state index >= 15 is 0 Å². The number of carbonyl (C=O) groups is 1. The standard InChI is InChI=1S/C15H18BrNO3S/c1-19-12-5-4-10(16)9-11(12)15-17(6-8-21-15)14(18)13-3-2-7-20-13/h4-5,9,13,15H,2-3,6-8H2,1H3. The van der Waals surface area contributed by atoms with E-state index in [0.717, 1.165) is 40.9 Å². The summed E-state index contributed by atoms with van der Waals surface area (Å²) in [5.41, 5.74) is 1.04. The molecule has 2 fully saturated rings. The number of hydrogen-bond acceptors (Lipinski definition) is 4. The largest absolute Gasteiger partial charge is 0.496 e. The summed E-state index contributed by atoms with van der Waals surface area (Å²) in [7, 11) is 1.67. The summed E-state index contributed by atoms with van der Waals surface area (Å²) >= 11 is 5.28. The van der Waals surface area contributed by atoms with E-state index in [2.05, 4.69) is 15.9 Å². The second kappa shape index (κ2) is 6.58. The Morgan fingerprint density at radius 1 is 1.52 bits per heavy atom. The monoisotopic (exact) mass is 371 g/mol. The molecule has 1 aromatic carbocycles. The van der Waals surface area contributed by atoms with Gasteiger partial charge in [0.1, 0.15) is 17.2 Å². The van der Waals surface area contributed by atoms with Crippen LogP contribution in [-0.4, -0.2) is 42.9 Å². The normalized spacial score (nSPS) is 25.3. The first-order chi connectivity index (χ1) is 10.2. The highest BCUT2D eigenvalue weighted by atomic mass is 79.9. The summed E-state index contributed by atoms with van der Waals surface area (Å²) in [5.74, 6) is 1.88. The van der Waals surface area contributed by atoms with E-state index in [4.69, 9.17) is 9.47 Å². The summed E-state index contributed by atoms with van der Waals surface area (Å²) in [4.78, 5) is 14.6. The number of ether oxygens (including phenoxy) is 2. The number of carbonyl (C=O) groups excluding carboxylic acids is 1. The lowest BCUT2D eigenvalue weighted by Crippen LogP contribution is -2.38. The Hall–Kier alpha value is -0.720. The van der Waals surface area contributed by atoms with Gasteiger partial charge >= 0.3 is 0 Å². The summed E-state index contributed by atoms with van der Waals surface area (Å²) in [6.07, 6.45) is 1.55. The molecule has 2 aliphatic heterocycles. The predicted molar refractivity (Wildman–Crippen MR) is 86.6 cm³/mol. The van der Waals surface area contributed by atoms with Gasteiger partial charge in [-0.05, 0) is 31.0 Å². The molecule has 2 atom stereocenters. The summed E-state index contributed by atoms with van der Waals surface area (Å²) in [5, 5.41) is 0.00847. The number of amides is 1. The fourth-order valence-electron chi connectivity index (χ4n) is 2.81. The molecule has 6 heteroatoms. The van der Waals surface area contributed by atoms with Crippen molar-refractivity contribution >= 4 is 33.6 Å². The molecule has 0 aliphatic carbocycles. The van der Waals surface area contributed by atoms with Crippen molar-refractivity contribution in [3.05, 3.63) is 28.2 Å². The Balaban J connectivity index is 1.86. The topological polar surface area (TPSA) is 38.8 Å². The van der Waals surface area contributed by atoms with E-state index in [9.17, 15) is 4.79 Å². The van der Waals surface area contributed by atoms with E-state index < -0.39 is 0 Å². The molecular weight excluding hydrogens is 354 g/mol. The van der Waals surface area contributed by atoms with Crippen molar-refractivity contribution in [3.8, 4) is 5.75 Å². The molecule has 2 saturated heterocycles. The lowest BCUT2D eigenvalue weighted by Gasteiger charge is -2.27. The minimum Gasteiger partial charge on any atom is -0.496 e. The van der Waals surface area contributed by atoms with Crippen LogP contribution >= 0.6 is 27.7 Å². The fraction of sp³-hybridized carbons (Fsp3) is 0.533. The van der Waals surface area contributed by atoms with Gasteiger partial charge in [0.05, 0.1) is 7.11 Å². The van der Waals surface area contributed by atoms with E-state index in [1.165, 1.54) is 0 Å². The minimum absolute atomic E-state index is 0.00847. The highest BCUT2D eigenvalue weighted by molar-refractivity contribution is 9.10. The molecular formula is C15H18BrNO3S. The summed E-state index contributed by atoms with van der Waals surface area (Å²) < 4.78 is 12.0. The van der Waals surface area contributed by atoms with Crippen molar-refractivity contribution in [2.75, 3.05) is 26.0 Å². The SMILES string of the molecule is COc1ccc(Br)cc1C1SCCN1C(=O)C1CCCO1. The number of nitrogens with zero attached hydrogens (tertiary/aromatic N) is 1. The van der Waals surface area contributed by atoms with E-state index in [1.54, 1.807) is 18.9 Å². The molecule has 1 aromatic rings. The fourth-order valence-corrected chi connectivity index (χ4v) is 4.47. The van der Waals surface area contributed by atoms with Gasteiger partial charge in [-0.15, -0.1) is 11.8 Å². The van der Waals surface area contributed by atoms with Crippen molar-refractivity contribution in [1.29, 1.82) is 0 Å². The maximum Gasteiger partial charge on any atom is 0.252 e. The molecule has 3 rings (SSSR count). The molecule has 4 nitrogen and oxygen atoms in total. The van der Waals surface area contributed by atoms with Crippen LogP contribution < -0.4 is 4.74 Å². The number of thioether (sulfide) groups is 1. The Bertz CT molecular complexity index is 534. The van der Waals surface area contributed by atoms with Crippen molar-refractivity contribution in [2.24, 2.45) is 0 Å². The average Bonchev–Trinajstić information content (AvgIpc) is 3.18. The Morgan fingerprint density at radius 2 is 2.38 bits per heavy atom. The third-order valence-electron chi connectivity index (χ3n) is 3.84. The first kappa shape index (κ1) is 15.2. The van der Waals surface area contributed by atoms with Gasteiger partial charge in [-0.25, -0.2) is 0 Å². The van der Waals surface area contributed by atoms with Crippen LogP contribution in [0.1, 0.15) is 23.8 Å². The molecule has 2 unspecified atom stereocenters. The second-order valence-corrected chi connectivity index (χ2v) is 7.25. The van der Waals surface area contributed by atoms with Gasteiger partial charge in [0.25, 0.3) is 5.91 Å². The van der Waals surface area contributed by atoms with Crippen LogP contribution in [0.25, 0.3) is 0 Å². The highest BCUT2D eigenvalue weighted by Crippen LogP contribution is 2.43. The minimum atomic E-state index is -0.260. The zero-order valence-electron chi connectivity index (χ0n) is 11.9. The van der Waals surface area contributed by atoms with Crippen molar-refractivity contribution in [3.63, 3.8) is 0 Å². The molecule has 0 radical (unpaired) electrons. The molecule has 0 aromatic heterocycles. The van der Waals surface area contributed by atoms with Gasteiger partial charge < -0.3 is 14.4 Å². The lowest BCUT2D eigenvalue weighted by atomic mass is 10.1. The first-order valence-corrected chi connectivity index (χ1v) is 8.92. The van der Waals surface area contributed by atoms with Gasteiger partial charge in [-0.3, -0.25) is 4.79 Å². The number of rotatable bonds is 3. The number of benzene rings is 1. The van der Waals surface area contributed by atoms with Crippen LogP contribution in [0.3, 0.4) is 0 Å². The third-order valence-corrected chi connectivity index (χ3v) is 5.57. The molecule has 21 heavy (non-hydrogen) atoms. The molecule has 0 bridgehead atoms. The van der Waals surface area contributed by atoms with Gasteiger partial charge in [0.15, 0.2) is 0 Å². The van der Waals surface area contributed by atoms with Crippen LogP contribution in [0.2, 0.25) is 0 Å².